The normalized spacial score (nSPS) is 19.4. The maximum Gasteiger partial charge on any atom is 0.217 e. The molecule has 2 atom stereocenters. The van der Waals surface area contributed by atoms with Gasteiger partial charge in [0.05, 0.1) is 31.5 Å². The van der Waals surface area contributed by atoms with Gasteiger partial charge >= 0.3 is 0 Å². The fraction of sp³-hybridized carbons (Fsp3) is 0.240. The van der Waals surface area contributed by atoms with Crippen LogP contribution in [-0.2, 0) is 0 Å². The van der Waals surface area contributed by atoms with Gasteiger partial charge < -0.3 is 14.2 Å². The Morgan fingerprint density at radius 1 is 0.933 bits per heavy atom. The summed E-state index contributed by atoms with van der Waals surface area (Å²) < 4.78 is 17.6. The monoisotopic (exact) mass is 400 g/mol. The molecule has 2 aliphatic rings. The standard InChI is InChI=1S/C25H24N2O3/c1-16-8-10-17(11-9-16)21-15-22-19-6-4-5-7-24(19)30-25(27(22)26-21)20-14-18(28-2)12-13-23(20)29-3/h4-14,22,25H,15H2,1-3H3/t22-,25-/m1/s1. The van der Waals surface area contributed by atoms with Gasteiger partial charge in [0.25, 0.3) is 0 Å². The summed E-state index contributed by atoms with van der Waals surface area (Å²) in [7, 11) is 3.33. The van der Waals surface area contributed by atoms with E-state index in [-0.39, 0.29) is 6.04 Å². The van der Waals surface area contributed by atoms with Crippen molar-refractivity contribution in [3.05, 3.63) is 89.0 Å². The molecule has 30 heavy (non-hydrogen) atoms. The molecule has 0 saturated carbocycles. The van der Waals surface area contributed by atoms with Crippen LogP contribution < -0.4 is 14.2 Å². The Hall–Kier alpha value is -3.47. The van der Waals surface area contributed by atoms with Crippen LogP contribution in [-0.4, -0.2) is 24.9 Å². The van der Waals surface area contributed by atoms with E-state index in [0.29, 0.717) is 0 Å². The summed E-state index contributed by atoms with van der Waals surface area (Å²) in [6.45, 7) is 2.10. The van der Waals surface area contributed by atoms with Gasteiger partial charge in [0, 0.05) is 12.0 Å². The molecule has 0 bridgehead atoms. The summed E-state index contributed by atoms with van der Waals surface area (Å²) in [5.74, 6) is 2.39. The zero-order chi connectivity index (χ0) is 20.7. The summed E-state index contributed by atoms with van der Waals surface area (Å²) in [4.78, 5) is 0. The largest absolute Gasteiger partial charge is 0.497 e. The molecule has 5 nitrogen and oxygen atoms in total. The van der Waals surface area contributed by atoms with E-state index in [1.807, 2.05) is 30.3 Å². The molecule has 0 spiro atoms. The van der Waals surface area contributed by atoms with E-state index in [9.17, 15) is 0 Å². The number of rotatable bonds is 4. The van der Waals surface area contributed by atoms with Gasteiger partial charge in [-0.3, -0.25) is 0 Å². The number of ether oxygens (including phenoxy) is 3. The molecule has 0 amide bonds. The molecule has 0 saturated heterocycles. The first kappa shape index (κ1) is 18.6. The number of nitrogens with zero attached hydrogens (tertiary/aromatic N) is 2. The maximum atomic E-state index is 6.46. The van der Waals surface area contributed by atoms with Crippen molar-refractivity contribution in [3.63, 3.8) is 0 Å². The van der Waals surface area contributed by atoms with Crippen molar-refractivity contribution in [2.75, 3.05) is 14.2 Å². The van der Waals surface area contributed by atoms with Gasteiger partial charge in [-0.2, -0.15) is 5.10 Å². The van der Waals surface area contributed by atoms with E-state index in [1.165, 1.54) is 5.56 Å². The van der Waals surface area contributed by atoms with Crippen LogP contribution >= 0.6 is 0 Å². The molecule has 0 unspecified atom stereocenters. The summed E-state index contributed by atoms with van der Waals surface area (Å²) in [6.07, 6.45) is 0.421. The second-order valence-corrected chi connectivity index (χ2v) is 7.63. The van der Waals surface area contributed by atoms with Crippen molar-refractivity contribution in [1.29, 1.82) is 0 Å². The molecule has 0 aliphatic carbocycles. The fourth-order valence-corrected chi connectivity index (χ4v) is 4.19. The van der Waals surface area contributed by atoms with Gasteiger partial charge in [-0.05, 0) is 36.8 Å². The van der Waals surface area contributed by atoms with E-state index >= 15 is 0 Å². The fourth-order valence-electron chi connectivity index (χ4n) is 4.19. The molecule has 152 valence electrons. The van der Waals surface area contributed by atoms with Crippen LogP contribution in [0, 0.1) is 6.92 Å². The van der Waals surface area contributed by atoms with Crippen LogP contribution in [0.25, 0.3) is 0 Å². The third-order valence-corrected chi connectivity index (χ3v) is 5.79. The second-order valence-electron chi connectivity index (χ2n) is 7.63. The minimum atomic E-state index is -0.405. The number of hydrazone groups is 1. The number of hydrogen-bond donors (Lipinski definition) is 0. The lowest BCUT2D eigenvalue weighted by Crippen LogP contribution is -2.33. The molecular weight excluding hydrogens is 376 g/mol. The van der Waals surface area contributed by atoms with Crippen LogP contribution in [0.2, 0.25) is 0 Å². The molecule has 2 aliphatic heterocycles. The first-order valence-electron chi connectivity index (χ1n) is 10.1. The lowest BCUT2D eigenvalue weighted by Gasteiger charge is -2.38. The first-order chi connectivity index (χ1) is 14.7. The predicted molar refractivity (Wildman–Crippen MR) is 116 cm³/mol. The van der Waals surface area contributed by atoms with Crippen molar-refractivity contribution < 1.29 is 14.2 Å². The smallest absolute Gasteiger partial charge is 0.217 e. The van der Waals surface area contributed by atoms with Crippen LogP contribution in [0.3, 0.4) is 0 Å². The molecule has 0 radical (unpaired) electrons. The summed E-state index contributed by atoms with van der Waals surface area (Å²) >= 11 is 0. The lowest BCUT2D eigenvalue weighted by molar-refractivity contribution is -0.0204. The Labute approximate surface area is 176 Å². The zero-order valence-electron chi connectivity index (χ0n) is 17.3. The third-order valence-electron chi connectivity index (χ3n) is 5.79. The highest BCUT2D eigenvalue weighted by molar-refractivity contribution is 6.02. The third kappa shape index (κ3) is 3.07. The average molecular weight is 400 g/mol. The quantitative estimate of drug-likeness (QED) is 0.600. The van der Waals surface area contributed by atoms with Gasteiger partial charge in [0.1, 0.15) is 17.2 Å². The minimum Gasteiger partial charge on any atom is -0.497 e. The number of aryl methyl sites for hydroxylation is 1. The van der Waals surface area contributed by atoms with Gasteiger partial charge in [-0.15, -0.1) is 0 Å². The highest BCUT2D eigenvalue weighted by atomic mass is 16.5. The average Bonchev–Trinajstić information content (AvgIpc) is 3.24. The van der Waals surface area contributed by atoms with Gasteiger partial charge in [0.15, 0.2) is 0 Å². The van der Waals surface area contributed by atoms with Gasteiger partial charge in [0.2, 0.25) is 6.23 Å². The maximum absolute atomic E-state index is 6.46. The van der Waals surface area contributed by atoms with E-state index in [4.69, 9.17) is 19.3 Å². The number of hydrogen-bond acceptors (Lipinski definition) is 5. The Balaban J connectivity index is 1.62. The summed E-state index contributed by atoms with van der Waals surface area (Å²) in [6, 6.07) is 22.6. The van der Waals surface area contributed by atoms with E-state index in [0.717, 1.165) is 46.1 Å². The van der Waals surface area contributed by atoms with Gasteiger partial charge in [-0.25, -0.2) is 5.01 Å². The molecule has 3 aromatic rings. The summed E-state index contributed by atoms with van der Waals surface area (Å²) in [5, 5.41) is 7.09. The molecule has 0 aromatic heterocycles. The van der Waals surface area contributed by atoms with Crippen molar-refractivity contribution in [3.8, 4) is 17.2 Å². The van der Waals surface area contributed by atoms with Crippen LogP contribution in [0.5, 0.6) is 17.2 Å². The summed E-state index contributed by atoms with van der Waals surface area (Å²) in [5.41, 5.74) is 5.49. The van der Waals surface area contributed by atoms with Crippen LogP contribution in [0.1, 0.15) is 40.9 Å². The van der Waals surface area contributed by atoms with Crippen LogP contribution in [0.15, 0.2) is 71.8 Å². The topological polar surface area (TPSA) is 43.3 Å². The molecule has 5 heteroatoms. The van der Waals surface area contributed by atoms with Crippen molar-refractivity contribution in [2.24, 2.45) is 5.10 Å². The number of para-hydroxylation sites is 1. The Morgan fingerprint density at radius 2 is 1.73 bits per heavy atom. The molecular formula is C25H24N2O3. The molecule has 5 rings (SSSR count). The Morgan fingerprint density at radius 3 is 2.50 bits per heavy atom. The number of methoxy groups -OCH3 is 2. The predicted octanol–water partition coefficient (Wildman–Crippen LogP) is 5.25. The van der Waals surface area contributed by atoms with Crippen LogP contribution in [0.4, 0.5) is 0 Å². The highest BCUT2D eigenvalue weighted by Gasteiger charge is 2.42. The van der Waals surface area contributed by atoms with Crippen molar-refractivity contribution in [2.45, 2.75) is 25.6 Å². The Kier molecular flexibility index (Phi) is 4.58. The SMILES string of the molecule is COc1ccc(OC)c([C@H]2Oc3ccccc3[C@H]3CC(c4ccc(C)cc4)=NN32)c1. The number of benzene rings is 3. The molecule has 0 fully saturated rings. The lowest BCUT2D eigenvalue weighted by atomic mass is 9.95. The van der Waals surface area contributed by atoms with Gasteiger partial charge in [-0.1, -0.05) is 48.0 Å². The van der Waals surface area contributed by atoms with E-state index in [1.54, 1.807) is 14.2 Å². The molecule has 2 heterocycles. The first-order valence-corrected chi connectivity index (χ1v) is 10.1. The van der Waals surface area contributed by atoms with E-state index in [2.05, 4.69) is 48.3 Å². The van der Waals surface area contributed by atoms with Crippen molar-refractivity contribution in [1.82, 2.24) is 5.01 Å². The second kappa shape index (κ2) is 7.41. The minimum absolute atomic E-state index is 0.104. The van der Waals surface area contributed by atoms with E-state index < -0.39 is 6.23 Å². The van der Waals surface area contributed by atoms with Crippen molar-refractivity contribution >= 4 is 5.71 Å². The zero-order valence-corrected chi connectivity index (χ0v) is 17.3. The Bertz CT molecular complexity index is 1110. The highest BCUT2D eigenvalue weighted by Crippen LogP contribution is 2.49. The molecule has 3 aromatic carbocycles. The molecule has 0 N–H and O–H groups in total. The number of fused-ring (bicyclic) bond motifs is 3.